The summed E-state index contributed by atoms with van der Waals surface area (Å²) in [5.74, 6) is -0.514. The van der Waals surface area contributed by atoms with Gasteiger partial charge < -0.3 is 4.52 Å². The van der Waals surface area contributed by atoms with Crippen LogP contribution in [0.3, 0.4) is 0 Å². The molecule has 1 aromatic carbocycles. The van der Waals surface area contributed by atoms with Gasteiger partial charge in [-0.3, -0.25) is 4.79 Å². The molecule has 6 nitrogen and oxygen atoms in total. The van der Waals surface area contributed by atoms with Gasteiger partial charge in [0.25, 0.3) is 5.56 Å². The predicted octanol–water partition coefficient (Wildman–Crippen LogP) is 3.80. The fourth-order valence-corrected chi connectivity index (χ4v) is 2.55. The van der Waals surface area contributed by atoms with Crippen molar-refractivity contribution in [2.75, 3.05) is 0 Å². The summed E-state index contributed by atoms with van der Waals surface area (Å²) in [5.41, 5.74) is 0.270. The van der Waals surface area contributed by atoms with E-state index in [1.165, 1.54) is 12.3 Å². The number of alkyl halides is 1. The molecule has 0 radical (unpaired) electrons. The van der Waals surface area contributed by atoms with Gasteiger partial charge in [0.15, 0.2) is 6.17 Å². The van der Waals surface area contributed by atoms with E-state index in [2.05, 4.69) is 15.2 Å². The minimum atomic E-state index is -1.47. The second-order valence-electron chi connectivity index (χ2n) is 5.43. The molecular formula is C16H13Cl2FN4O2. The second-order valence-corrected chi connectivity index (χ2v) is 6.27. The first kappa shape index (κ1) is 17.6. The van der Waals surface area contributed by atoms with Crippen molar-refractivity contribution in [3.63, 3.8) is 0 Å². The van der Waals surface area contributed by atoms with Gasteiger partial charge in [-0.1, -0.05) is 47.4 Å². The van der Waals surface area contributed by atoms with E-state index in [-0.39, 0.29) is 23.3 Å². The second kappa shape index (κ2) is 7.33. The average Bonchev–Trinajstić information content (AvgIpc) is 3.07. The number of hydrogen-bond donors (Lipinski definition) is 0. The maximum absolute atomic E-state index is 14.7. The standard InChI is InChI=1S/C16H13Cl2FN4O2/c1-9(10-2-4-11(17)5-3-10)14(19)15-21-13(25-22-15)8-23-16(24)12(18)6-7-20-23/h2-7,9,14H,8H2,1H3/t9-,14+/m0/s1. The first-order valence-corrected chi connectivity index (χ1v) is 8.15. The molecule has 0 fully saturated rings. The maximum Gasteiger partial charge on any atom is 0.285 e. The fraction of sp³-hybridized carbons (Fsp3) is 0.250. The zero-order valence-corrected chi connectivity index (χ0v) is 14.6. The molecule has 0 aliphatic rings. The molecule has 130 valence electrons. The smallest absolute Gasteiger partial charge is 0.285 e. The monoisotopic (exact) mass is 382 g/mol. The van der Waals surface area contributed by atoms with Crippen LogP contribution in [0.2, 0.25) is 10.0 Å². The Labute approximate surface area is 152 Å². The van der Waals surface area contributed by atoms with Crippen LogP contribution in [-0.2, 0) is 6.54 Å². The largest absolute Gasteiger partial charge is 0.337 e. The topological polar surface area (TPSA) is 73.8 Å². The summed E-state index contributed by atoms with van der Waals surface area (Å²) in [6.45, 7) is 1.63. The zero-order valence-electron chi connectivity index (χ0n) is 13.1. The van der Waals surface area contributed by atoms with Crippen LogP contribution in [0.4, 0.5) is 4.39 Å². The molecule has 0 unspecified atom stereocenters. The highest BCUT2D eigenvalue weighted by molar-refractivity contribution is 6.30. The quantitative estimate of drug-likeness (QED) is 0.670. The van der Waals surface area contributed by atoms with Gasteiger partial charge in [-0.25, -0.2) is 9.07 Å². The molecule has 0 saturated carbocycles. The lowest BCUT2D eigenvalue weighted by Gasteiger charge is -2.14. The minimum absolute atomic E-state index is 0.0227. The van der Waals surface area contributed by atoms with Gasteiger partial charge in [-0.05, 0) is 23.8 Å². The van der Waals surface area contributed by atoms with Crippen LogP contribution in [0.25, 0.3) is 0 Å². The third kappa shape index (κ3) is 3.88. The lowest BCUT2D eigenvalue weighted by Crippen LogP contribution is -2.23. The molecule has 2 atom stereocenters. The molecule has 9 heteroatoms. The van der Waals surface area contributed by atoms with Crippen LogP contribution in [0.1, 0.15) is 36.3 Å². The molecule has 0 aliphatic heterocycles. The predicted molar refractivity (Wildman–Crippen MR) is 90.6 cm³/mol. The highest BCUT2D eigenvalue weighted by atomic mass is 35.5. The average molecular weight is 383 g/mol. The first-order valence-electron chi connectivity index (χ1n) is 7.39. The van der Waals surface area contributed by atoms with Gasteiger partial charge in [0, 0.05) is 17.1 Å². The number of aromatic nitrogens is 4. The van der Waals surface area contributed by atoms with Crippen molar-refractivity contribution in [2.24, 2.45) is 0 Å². The summed E-state index contributed by atoms with van der Waals surface area (Å²) < 4.78 is 20.8. The van der Waals surface area contributed by atoms with Gasteiger partial charge in [-0.2, -0.15) is 10.1 Å². The highest BCUT2D eigenvalue weighted by Crippen LogP contribution is 2.32. The molecule has 25 heavy (non-hydrogen) atoms. The van der Waals surface area contributed by atoms with E-state index in [1.54, 1.807) is 31.2 Å². The summed E-state index contributed by atoms with van der Waals surface area (Å²) >= 11 is 11.6. The summed E-state index contributed by atoms with van der Waals surface area (Å²) in [4.78, 5) is 15.8. The van der Waals surface area contributed by atoms with E-state index < -0.39 is 17.6 Å². The maximum atomic E-state index is 14.7. The molecule has 0 N–H and O–H groups in total. The number of hydrogen-bond acceptors (Lipinski definition) is 5. The van der Waals surface area contributed by atoms with Crippen molar-refractivity contribution in [3.8, 4) is 0 Å². The van der Waals surface area contributed by atoms with Crippen molar-refractivity contribution in [1.29, 1.82) is 0 Å². The van der Waals surface area contributed by atoms with E-state index in [4.69, 9.17) is 27.7 Å². The first-order chi connectivity index (χ1) is 12.0. The number of rotatable bonds is 5. The molecule has 0 aliphatic carbocycles. The lowest BCUT2D eigenvalue weighted by atomic mass is 9.96. The van der Waals surface area contributed by atoms with Gasteiger partial charge in [-0.15, -0.1) is 0 Å². The van der Waals surface area contributed by atoms with Crippen LogP contribution < -0.4 is 5.56 Å². The Bertz CT molecular complexity index is 926. The van der Waals surface area contributed by atoms with Crippen molar-refractivity contribution in [2.45, 2.75) is 25.6 Å². The van der Waals surface area contributed by atoms with Crippen LogP contribution in [0, 0.1) is 0 Å². The molecule has 0 saturated heterocycles. The lowest BCUT2D eigenvalue weighted by molar-refractivity contribution is 0.271. The van der Waals surface area contributed by atoms with Crippen molar-refractivity contribution in [3.05, 3.63) is 74.2 Å². The highest BCUT2D eigenvalue weighted by Gasteiger charge is 2.25. The van der Waals surface area contributed by atoms with Gasteiger partial charge in [0.1, 0.15) is 11.6 Å². The summed E-state index contributed by atoms with van der Waals surface area (Å²) in [7, 11) is 0. The van der Waals surface area contributed by atoms with Crippen LogP contribution in [-0.4, -0.2) is 19.9 Å². The van der Waals surface area contributed by atoms with Gasteiger partial charge >= 0.3 is 0 Å². The van der Waals surface area contributed by atoms with E-state index in [1.807, 2.05) is 0 Å². The van der Waals surface area contributed by atoms with E-state index in [0.29, 0.717) is 5.02 Å². The van der Waals surface area contributed by atoms with Crippen molar-refractivity contribution >= 4 is 23.2 Å². The normalized spacial score (nSPS) is 13.6. The van der Waals surface area contributed by atoms with E-state index >= 15 is 0 Å². The minimum Gasteiger partial charge on any atom is -0.337 e. The Balaban J connectivity index is 1.77. The third-order valence-corrected chi connectivity index (χ3v) is 4.26. The number of nitrogens with zero attached hydrogens (tertiary/aromatic N) is 4. The zero-order chi connectivity index (χ0) is 18.0. The Morgan fingerprint density at radius 3 is 2.68 bits per heavy atom. The SMILES string of the molecule is C[C@@H](c1ccc(Cl)cc1)[C@@H](F)c1noc(Cn2nccc(Cl)c2=O)n1. The number of halogens is 3. The fourth-order valence-electron chi connectivity index (χ4n) is 2.27. The van der Waals surface area contributed by atoms with E-state index in [9.17, 15) is 9.18 Å². The summed E-state index contributed by atoms with van der Waals surface area (Å²) in [6, 6.07) is 8.26. The van der Waals surface area contributed by atoms with Gasteiger partial charge in [0.05, 0.1) is 0 Å². The van der Waals surface area contributed by atoms with E-state index in [0.717, 1.165) is 10.2 Å². The molecule has 2 heterocycles. The van der Waals surface area contributed by atoms with Crippen molar-refractivity contribution < 1.29 is 8.91 Å². The summed E-state index contributed by atoms with van der Waals surface area (Å²) in [6.07, 6.45) is -0.0931. The Kier molecular flexibility index (Phi) is 5.15. The van der Waals surface area contributed by atoms with Crippen LogP contribution in [0.5, 0.6) is 0 Å². The Hall–Kier alpha value is -2.25. The molecule has 3 rings (SSSR count). The molecule has 2 aromatic heterocycles. The van der Waals surface area contributed by atoms with Crippen molar-refractivity contribution in [1.82, 2.24) is 19.9 Å². The Morgan fingerprint density at radius 2 is 1.96 bits per heavy atom. The van der Waals surface area contributed by atoms with Gasteiger partial charge in [0.2, 0.25) is 11.7 Å². The Morgan fingerprint density at radius 1 is 1.24 bits per heavy atom. The molecule has 0 amide bonds. The molecular weight excluding hydrogens is 370 g/mol. The van der Waals surface area contributed by atoms with Crippen LogP contribution >= 0.6 is 23.2 Å². The van der Waals surface area contributed by atoms with Crippen LogP contribution in [0.15, 0.2) is 45.8 Å². The molecule has 0 bridgehead atoms. The third-order valence-electron chi connectivity index (χ3n) is 3.72. The number of benzene rings is 1. The summed E-state index contributed by atoms with van der Waals surface area (Å²) in [5, 5.41) is 8.13. The molecule has 3 aromatic rings. The molecule has 0 spiro atoms.